The Kier molecular flexibility index (Phi) is 4.42. The summed E-state index contributed by atoms with van der Waals surface area (Å²) >= 11 is 7.52. The molecule has 0 spiro atoms. The summed E-state index contributed by atoms with van der Waals surface area (Å²) in [5, 5.41) is 6.19. The van der Waals surface area contributed by atoms with E-state index in [0.717, 1.165) is 30.2 Å². The summed E-state index contributed by atoms with van der Waals surface area (Å²) in [5.41, 5.74) is 7.98. The zero-order chi connectivity index (χ0) is 12.1. The summed E-state index contributed by atoms with van der Waals surface area (Å²) in [7, 11) is 0. The minimum absolute atomic E-state index is 0.785. The molecule has 2 nitrogen and oxygen atoms in total. The fraction of sp³-hybridized carbons (Fsp3) is 0.231. The summed E-state index contributed by atoms with van der Waals surface area (Å²) in [5.74, 6) is 0. The van der Waals surface area contributed by atoms with Crippen LogP contribution in [-0.4, -0.2) is 6.54 Å². The molecule has 2 aromatic rings. The molecule has 1 heterocycles. The van der Waals surface area contributed by atoms with Crippen LogP contribution in [0.3, 0.4) is 0 Å². The van der Waals surface area contributed by atoms with Crippen molar-refractivity contribution in [2.45, 2.75) is 13.0 Å². The molecule has 3 N–H and O–H groups in total. The zero-order valence-corrected chi connectivity index (χ0v) is 11.0. The van der Waals surface area contributed by atoms with Crippen molar-refractivity contribution >= 4 is 28.6 Å². The summed E-state index contributed by atoms with van der Waals surface area (Å²) < 4.78 is 0. The molecule has 0 aliphatic heterocycles. The summed E-state index contributed by atoms with van der Waals surface area (Å²) in [6, 6.07) is 9.91. The van der Waals surface area contributed by atoms with Crippen LogP contribution in [0.15, 0.2) is 35.7 Å². The van der Waals surface area contributed by atoms with Gasteiger partial charge in [-0.3, -0.25) is 0 Å². The Morgan fingerprint density at radius 2 is 1.94 bits per heavy atom. The molecular formula is C13H15ClN2S. The second-order valence-corrected chi connectivity index (χ2v) is 5.29. The van der Waals surface area contributed by atoms with Crippen molar-refractivity contribution in [2.75, 3.05) is 12.3 Å². The van der Waals surface area contributed by atoms with E-state index in [1.54, 1.807) is 11.3 Å². The molecule has 90 valence electrons. The van der Waals surface area contributed by atoms with Gasteiger partial charge in [0.15, 0.2) is 0 Å². The molecule has 0 aliphatic carbocycles. The molecule has 0 aliphatic rings. The molecule has 0 fully saturated rings. The molecule has 0 radical (unpaired) electrons. The van der Waals surface area contributed by atoms with Crippen molar-refractivity contribution in [2.24, 2.45) is 0 Å². The number of anilines is 1. The van der Waals surface area contributed by atoms with E-state index in [-0.39, 0.29) is 0 Å². The van der Waals surface area contributed by atoms with Crippen molar-refractivity contribution in [3.05, 3.63) is 51.2 Å². The van der Waals surface area contributed by atoms with E-state index in [1.807, 2.05) is 23.6 Å². The van der Waals surface area contributed by atoms with E-state index < -0.39 is 0 Å². The van der Waals surface area contributed by atoms with Crippen molar-refractivity contribution in [3.8, 4) is 0 Å². The quantitative estimate of drug-likeness (QED) is 0.815. The van der Waals surface area contributed by atoms with Gasteiger partial charge in [0.05, 0.1) is 0 Å². The van der Waals surface area contributed by atoms with Gasteiger partial charge in [-0.05, 0) is 42.1 Å². The highest BCUT2D eigenvalue weighted by molar-refractivity contribution is 7.10. The minimum atomic E-state index is 0.785. The summed E-state index contributed by atoms with van der Waals surface area (Å²) in [6.45, 7) is 1.79. The first-order valence-corrected chi connectivity index (χ1v) is 6.78. The van der Waals surface area contributed by atoms with E-state index in [4.69, 9.17) is 17.3 Å². The van der Waals surface area contributed by atoms with E-state index in [9.17, 15) is 0 Å². The maximum absolute atomic E-state index is 5.83. The lowest BCUT2D eigenvalue weighted by Crippen LogP contribution is -2.16. The van der Waals surface area contributed by atoms with E-state index >= 15 is 0 Å². The number of rotatable bonds is 5. The van der Waals surface area contributed by atoms with Gasteiger partial charge in [-0.15, -0.1) is 11.3 Å². The predicted molar refractivity (Wildman–Crippen MR) is 75.6 cm³/mol. The number of halogens is 1. The normalized spacial score (nSPS) is 10.6. The molecule has 0 saturated carbocycles. The molecule has 17 heavy (non-hydrogen) atoms. The Morgan fingerprint density at radius 3 is 2.59 bits per heavy atom. The number of nitrogens with two attached hydrogens (primary N) is 1. The fourth-order valence-corrected chi connectivity index (χ4v) is 2.47. The van der Waals surface area contributed by atoms with Crippen molar-refractivity contribution in [3.63, 3.8) is 0 Å². The van der Waals surface area contributed by atoms with Crippen LogP contribution in [0.2, 0.25) is 5.02 Å². The van der Waals surface area contributed by atoms with E-state index in [2.05, 4.69) is 17.4 Å². The molecule has 2 rings (SSSR count). The average Bonchev–Trinajstić information content (AvgIpc) is 2.73. The first-order valence-electron chi connectivity index (χ1n) is 5.53. The standard InChI is InChI=1S/C13H15ClN2S/c14-11-3-1-10(2-4-11)5-7-16-9-13-12(15)6-8-17-13/h1-4,6,8,16H,5,7,9,15H2. The highest BCUT2D eigenvalue weighted by Crippen LogP contribution is 2.18. The smallest absolute Gasteiger partial charge is 0.0468 e. The Morgan fingerprint density at radius 1 is 1.18 bits per heavy atom. The van der Waals surface area contributed by atoms with Gasteiger partial charge in [0, 0.05) is 22.1 Å². The van der Waals surface area contributed by atoms with Gasteiger partial charge in [-0.1, -0.05) is 23.7 Å². The third-order valence-electron chi connectivity index (χ3n) is 2.57. The monoisotopic (exact) mass is 266 g/mol. The number of hydrogen-bond donors (Lipinski definition) is 2. The van der Waals surface area contributed by atoms with Crippen molar-refractivity contribution in [1.29, 1.82) is 0 Å². The first-order chi connectivity index (χ1) is 8.25. The van der Waals surface area contributed by atoms with Gasteiger partial charge in [0.2, 0.25) is 0 Å². The fourth-order valence-electron chi connectivity index (χ4n) is 1.58. The van der Waals surface area contributed by atoms with Crippen LogP contribution in [0.25, 0.3) is 0 Å². The lowest BCUT2D eigenvalue weighted by Gasteiger charge is -2.04. The van der Waals surface area contributed by atoms with Crippen LogP contribution in [0, 0.1) is 0 Å². The van der Waals surface area contributed by atoms with Crippen LogP contribution in [0.5, 0.6) is 0 Å². The molecular weight excluding hydrogens is 252 g/mol. The molecule has 0 saturated heterocycles. The topological polar surface area (TPSA) is 38.0 Å². The molecule has 0 amide bonds. The number of nitrogen functional groups attached to an aromatic ring is 1. The molecule has 0 bridgehead atoms. The Bertz CT molecular complexity index is 465. The Hall–Kier alpha value is -1.03. The Labute approximate surface area is 110 Å². The van der Waals surface area contributed by atoms with Gasteiger partial charge < -0.3 is 11.1 Å². The van der Waals surface area contributed by atoms with Gasteiger partial charge in [-0.2, -0.15) is 0 Å². The largest absolute Gasteiger partial charge is 0.398 e. The molecule has 1 aromatic carbocycles. The zero-order valence-electron chi connectivity index (χ0n) is 9.45. The number of hydrogen-bond acceptors (Lipinski definition) is 3. The SMILES string of the molecule is Nc1ccsc1CNCCc1ccc(Cl)cc1. The highest BCUT2D eigenvalue weighted by Gasteiger charge is 1.99. The van der Waals surface area contributed by atoms with E-state index in [1.165, 1.54) is 10.4 Å². The second kappa shape index (κ2) is 6.05. The van der Waals surface area contributed by atoms with Crippen molar-refractivity contribution in [1.82, 2.24) is 5.32 Å². The highest BCUT2D eigenvalue weighted by atomic mass is 35.5. The second-order valence-electron chi connectivity index (χ2n) is 3.85. The maximum atomic E-state index is 5.83. The lowest BCUT2D eigenvalue weighted by atomic mass is 10.1. The molecule has 0 atom stereocenters. The summed E-state index contributed by atoms with van der Waals surface area (Å²) in [4.78, 5) is 1.21. The van der Waals surface area contributed by atoms with Gasteiger partial charge in [-0.25, -0.2) is 0 Å². The Balaban J connectivity index is 1.73. The molecule has 1 aromatic heterocycles. The van der Waals surface area contributed by atoms with Gasteiger partial charge in [0.1, 0.15) is 0 Å². The minimum Gasteiger partial charge on any atom is -0.398 e. The average molecular weight is 267 g/mol. The maximum Gasteiger partial charge on any atom is 0.0468 e. The lowest BCUT2D eigenvalue weighted by molar-refractivity contribution is 0.694. The van der Waals surface area contributed by atoms with Crippen LogP contribution in [0.1, 0.15) is 10.4 Å². The molecule has 4 heteroatoms. The number of thiophene rings is 1. The van der Waals surface area contributed by atoms with Crippen molar-refractivity contribution < 1.29 is 0 Å². The number of benzene rings is 1. The van der Waals surface area contributed by atoms with Crippen LogP contribution < -0.4 is 11.1 Å². The predicted octanol–water partition coefficient (Wildman–Crippen LogP) is 3.32. The van der Waals surface area contributed by atoms with E-state index in [0.29, 0.717) is 0 Å². The third kappa shape index (κ3) is 3.73. The van der Waals surface area contributed by atoms with Crippen LogP contribution >= 0.6 is 22.9 Å². The third-order valence-corrected chi connectivity index (χ3v) is 3.76. The summed E-state index contributed by atoms with van der Waals surface area (Å²) in [6.07, 6.45) is 1.00. The number of nitrogens with one attached hydrogen (secondary N) is 1. The van der Waals surface area contributed by atoms with Gasteiger partial charge >= 0.3 is 0 Å². The van der Waals surface area contributed by atoms with Gasteiger partial charge in [0.25, 0.3) is 0 Å². The van der Waals surface area contributed by atoms with Crippen LogP contribution in [0.4, 0.5) is 5.69 Å². The molecule has 0 unspecified atom stereocenters. The van der Waals surface area contributed by atoms with Crippen LogP contribution in [-0.2, 0) is 13.0 Å². The first kappa shape index (κ1) is 12.4.